The van der Waals surface area contributed by atoms with Crippen molar-refractivity contribution in [3.05, 3.63) is 27.7 Å². The molecular formula is C6H4F3N3O2. The van der Waals surface area contributed by atoms with Gasteiger partial charge in [0.25, 0.3) is 6.43 Å². The Morgan fingerprint density at radius 3 is 2.57 bits per heavy atom. The van der Waals surface area contributed by atoms with Gasteiger partial charge >= 0.3 is 5.82 Å². The fourth-order valence-electron chi connectivity index (χ4n) is 0.873. The molecule has 0 fully saturated rings. The highest BCUT2D eigenvalue weighted by molar-refractivity contribution is 5.59. The number of nitro groups is 1. The number of pyridine rings is 1. The third kappa shape index (κ3) is 1.58. The zero-order chi connectivity index (χ0) is 10.9. The van der Waals surface area contributed by atoms with Crippen molar-refractivity contribution in [1.29, 1.82) is 0 Å². The van der Waals surface area contributed by atoms with Crippen LogP contribution < -0.4 is 5.73 Å². The van der Waals surface area contributed by atoms with Gasteiger partial charge in [0.15, 0.2) is 12.0 Å². The van der Waals surface area contributed by atoms with Crippen LogP contribution in [0.15, 0.2) is 6.20 Å². The molecule has 1 aromatic rings. The van der Waals surface area contributed by atoms with Crippen LogP contribution in [0.4, 0.5) is 24.7 Å². The van der Waals surface area contributed by atoms with E-state index in [1.807, 2.05) is 0 Å². The predicted molar refractivity (Wildman–Crippen MR) is 40.2 cm³/mol. The Morgan fingerprint density at radius 2 is 2.14 bits per heavy atom. The van der Waals surface area contributed by atoms with E-state index in [-0.39, 0.29) is 0 Å². The van der Waals surface area contributed by atoms with Gasteiger partial charge in [0.05, 0.1) is 5.56 Å². The van der Waals surface area contributed by atoms with Gasteiger partial charge in [0.2, 0.25) is 0 Å². The van der Waals surface area contributed by atoms with Gasteiger partial charge in [-0.2, -0.15) is 0 Å². The maximum atomic E-state index is 12.7. The molecule has 0 aliphatic heterocycles. The number of aromatic nitrogens is 1. The average molecular weight is 207 g/mol. The summed E-state index contributed by atoms with van der Waals surface area (Å²) in [5, 5.41) is 10.2. The Balaban J connectivity index is 3.41. The van der Waals surface area contributed by atoms with Gasteiger partial charge < -0.3 is 15.8 Å². The molecule has 0 atom stereocenters. The number of halogens is 3. The third-order valence-electron chi connectivity index (χ3n) is 1.48. The molecule has 0 radical (unpaired) electrons. The Bertz CT molecular complexity index is 383. The maximum absolute atomic E-state index is 12.7. The van der Waals surface area contributed by atoms with Gasteiger partial charge in [-0.15, -0.1) is 0 Å². The van der Waals surface area contributed by atoms with Crippen LogP contribution in [-0.4, -0.2) is 9.91 Å². The molecule has 0 unspecified atom stereocenters. The van der Waals surface area contributed by atoms with Crippen LogP contribution in [0.3, 0.4) is 0 Å². The summed E-state index contributed by atoms with van der Waals surface area (Å²) in [6.45, 7) is 0. The van der Waals surface area contributed by atoms with E-state index < -0.39 is 34.2 Å². The number of alkyl halides is 2. The summed E-state index contributed by atoms with van der Waals surface area (Å²) in [7, 11) is 0. The molecule has 0 aromatic carbocycles. The number of hydrogen-bond donors (Lipinski definition) is 1. The fourth-order valence-corrected chi connectivity index (χ4v) is 0.873. The second kappa shape index (κ2) is 3.48. The van der Waals surface area contributed by atoms with Gasteiger partial charge in [-0.05, 0) is 9.91 Å². The van der Waals surface area contributed by atoms with Crippen LogP contribution in [-0.2, 0) is 0 Å². The summed E-state index contributed by atoms with van der Waals surface area (Å²) in [4.78, 5) is 12.1. The molecule has 0 bridgehead atoms. The second-order valence-corrected chi connectivity index (χ2v) is 2.31. The topological polar surface area (TPSA) is 82.0 Å². The molecule has 0 aliphatic carbocycles. The Morgan fingerprint density at radius 1 is 1.57 bits per heavy atom. The van der Waals surface area contributed by atoms with Crippen molar-refractivity contribution < 1.29 is 18.1 Å². The minimum atomic E-state index is -3.21. The van der Waals surface area contributed by atoms with Crippen molar-refractivity contribution >= 4 is 11.5 Å². The van der Waals surface area contributed by atoms with Crippen molar-refractivity contribution in [2.45, 2.75) is 6.43 Å². The van der Waals surface area contributed by atoms with Crippen LogP contribution >= 0.6 is 0 Å². The molecule has 76 valence electrons. The van der Waals surface area contributed by atoms with E-state index in [0.717, 1.165) is 0 Å². The number of rotatable bonds is 2. The minimum Gasteiger partial charge on any atom is -0.391 e. The zero-order valence-corrected chi connectivity index (χ0v) is 6.58. The lowest BCUT2D eigenvalue weighted by atomic mass is 10.2. The summed E-state index contributed by atoms with van der Waals surface area (Å²) in [5.74, 6) is -2.33. The predicted octanol–water partition coefficient (Wildman–Crippen LogP) is 1.65. The lowest BCUT2D eigenvalue weighted by molar-refractivity contribution is -0.388. The highest BCUT2D eigenvalue weighted by Gasteiger charge is 2.26. The molecule has 1 rings (SSSR count). The van der Waals surface area contributed by atoms with Gasteiger partial charge in [0, 0.05) is 0 Å². The molecule has 0 spiro atoms. The van der Waals surface area contributed by atoms with Gasteiger partial charge in [-0.1, -0.05) is 0 Å². The molecule has 0 saturated heterocycles. The quantitative estimate of drug-likeness (QED) is 0.590. The van der Waals surface area contributed by atoms with Crippen molar-refractivity contribution in [2.75, 3.05) is 5.73 Å². The van der Waals surface area contributed by atoms with Gasteiger partial charge in [-0.25, -0.2) is 13.2 Å². The van der Waals surface area contributed by atoms with Gasteiger partial charge in [0.1, 0.15) is 5.69 Å². The normalized spacial score (nSPS) is 10.6. The highest BCUT2D eigenvalue weighted by Crippen LogP contribution is 2.32. The van der Waals surface area contributed by atoms with Crippen LogP contribution in [0.2, 0.25) is 0 Å². The summed E-state index contributed by atoms with van der Waals surface area (Å²) in [6, 6.07) is 0. The molecule has 5 nitrogen and oxygen atoms in total. The fraction of sp³-hybridized carbons (Fsp3) is 0.167. The first kappa shape index (κ1) is 10.2. The highest BCUT2D eigenvalue weighted by atomic mass is 19.3. The van der Waals surface area contributed by atoms with Crippen molar-refractivity contribution in [2.24, 2.45) is 0 Å². The third-order valence-corrected chi connectivity index (χ3v) is 1.48. The summed E-state index contributed by atoms with van der Waals surface area (Å²) >= 11 is 0. The summed E-state index contributed by atoms with van der Waals surface area (Å²) in [5.41, 5.74) is 2.83. The first-order valence-electron chi connectivity index (χ1n) is 3.31. The number of nitrogen functional groups attached to an aromatic ring is 1. The molecule has 0 amide bonds. The van der Waals surface area contributed by atoms with Crippen molar-refractivity contribution in [3.63, 3.8) is 0 Å². The molecule has 0 aliphatic rings. The molecule has 14 heavy (non-hydrogen) atoms. The second-order valence-electron chi connectivity index (χ2n) is 2.31. The number of anilines is 1. The van der Waals surface area contributed by atoms with Crippen LogP contribution in [0.1, 0.15) is 12.0 Å². The zero-order valence-electron chi connectivity index (χ0n) is 6.58. The SMILES string of the molecule is Nc1c([N+](=O)[O-])ncc(F)c1C(F)F. The first-order valence-corrected chi connectivity index (χ1v) is 3.31. The lowest BCUT2D eigenvalue weighted by Crippen LogP contribution is -2.05. The molecule has 0 saturated carbocycles. The van der Waals surface area contributed by atoms with Gasteiger partial charge in [-0.3, -0.25) is 0 Å². The Hall–Kier alpha value is -1.86. The van der Waals surface area contributed by atoms with E-state index in [2.05, 4.69) is 4.98 Å². The molecular weight excluding hydrogens is 203 g/mol. The molecule has 1 aromatic heterocycles. The monoisotopic (exact) mass is 207 g/mol. The molecule has 2 N–H and O–H groups in total. The van der Waals surface area contributed by atoms with E-state index in [0.29, 0.717) is 6.20 Å². The minimum absolute atomic E-state index is 0.343. The largest absolute Gasteiger partial charge is 0.391 e. The van der Waals surface area contributed by atoms with Crippen LogP contribution in [0.5, 0.6) is 0 Å². The molecule has 8 heteroatoms. The summed E-state index contributed by atoms with van der Waals surface area (Å²) < 4.78 is 37.0. The van der Waals surface area contributed by atoms with Crippen molar-refractivity contribution in [3.8, 4) is 0 Å². The van der Waals surface area contributed by atoms with E-state index in [1.54, 1.807) is 0 Å². The van der Waals surface area contributed by atoms with E-state index in [4.69, 9.17) is 5.73 Å². The summed E-state index contributed by atoms with van der Waals surface area (Å²) in [6.07, 6.45) is -2.87. The van der Waals surface area contributed by atoms with E-state index in [1.165, 1.54) is 0 Å². The lowest BCUT2D eigenvalue weighted by Gasteiger charge is -2.04. The van der Waals surface area contributed by atoms with Crippen LogP contribution in [0.25, 0.3) is 0 Å². The Labute approximate surface area is 75.5 Å². The first-order chi connectivity index (χ1) is 6.45. The Kier molecular flexibility index (Phi) is 2.54. The number of hydrogen-bond acceptors (Lipinski definition) is 4. The average Bonchev–Trinajstić information content (AvgIpc) is 2.02. The van der Waals surface area contributed by atoms with Crippen LogP contribution in [0, 0.1) is 15.9 Å². The number of nitrogens with two attached hydrogens (primary N) is 1. The number of nitrogens with zero attached hydrogens (tertiary/aromatic N) is 2. The smallest absolute Gasteiger partial charge is 0.387 e. The molecule has 1 heterocycles. The van der Waals surface area contributed by atoms with E-state index in [9.17, 15) is 23.3 Å². The van der Waals surface area contributed by atoms with Crippen molar-refractivity contribution in [1.82, 2.24) is 4.98 Å². The maximum Gasteiger partial charge on any atom is 0.387 e. The van der Waals surface area contributed by atoms with E-state index >= 15 is 0 Å². The standard InChI is InChI=1S/C6H4F3N3O2/c7-2-1-11-6(12(13)14)4(10)3(2)5(8)9/h1,5H,10H2.